The zero-order valence-electron chi connectivity index (χ0n) is 20.7. The van der Waals surface area contributed by atoms with Gasteiger partial charge < -0.3 is 15.4 Å². The third-order valence-corrected chi connectivity index (χ3v) is 6.46. The molecule has 0 fully saturated rings. The van der Waals surface area contributed by atoms with Crippen LogP contribution in [0.15, 0.2) is 47.5 Å². The number of pyridine rings is 1. The molecule has 1 heterocycles. The number of nitrogens with zero attached hydrogens (tertiary/aromatic N) is 2. The first-order valence-electron chi connectivity index (χ1n) is 11.8. The number of hydrogen-bond acceptors (Lipinski definition) is 9. The molecule has 0 spiro atoms. The summed E-state index contributed by atoms with van der Waals surface area (Å²) in [5.74, 6) is -2.13. The molecule has 0 aliphatic rings. The van der Waals surface area contributed by atoms with Crippen molar-refractivity contribution in [2.45, 2.75) is 44.4 Å². The molecule has 4 amide bonds. The minimum Gasteiger partial charge on any atom is -0.391 e. The summed E-state index contributed by atoms with van der Waals surface area (Å²) < 4.78 is 32.1. The van der Waals surface area contributed by atoms with E-state index in [0.717, 1.165) is 37.9 Å². The maximum atomic E-state index is 12.9. The molecule has 4 N–H and O–H groups in total. The van der Waals surface area contributed by atoms with Crippen molar-refractivity contribution in [2.24, 2.45) is 5.73 Å². The van der Waals surface area contributed by atoms with Gasteiger partial charge in [0.25, 0.3) is 21.8 Å². The predicted molar refractivity (Wildman–Crippen MR) is 134 cm³/mol. The van der Waals surface area contributed by atoms with Crippen molar-refractivity contribution < 1.29 is 32.3 Å². The van der Waals surface area contributed by atoms with E-state index in [4.69, 9.17) is 10.5 Å². The molecule has 0 atom stereocenters. The van der Waals surface area contributed by atoms with Crippen LogP contribution in [0.4, 0.5) is 4.79 Å². The van der Waals surface area contributed by atoms with Crippen molar-refractivity contribution >= 4 is 33.8 Å². The normalized spacial score (nSPS) is 10.9. The van der Waals surface area contributed by atoms with Crippen molar-refractivity contribution in [3.63, 3.8) is 0 Å². The minimum atomic E-state index is -4.24. The smallest absolute Gasteiger partial charge is 0.391 e. The van der Waals surface area contributed by atoms with Crippen LogP contribution in [0.5, 0.6) is 5.88 Å². The first-order valence-corrected chi connectivity index (χ1v) is 13.2. The molecule has 0 bridgehead atoms. The van der Waals surface area contributed by atoms with Crippen molar-refractivity contribution in [2.75, 3.05) is 19.6 Å². The molecule has 0 radical (unpaired) electrons. The fourth-order valence-corrected chi connectivity index (χ4v) is 4.05. The van der Waals surface area contributed by atoms with Gasteiger partial charge in [0.05, 0.1) is 17.0 Å². The van der Waals surface area contributed by atoms with Gasteiger partial charge in [-0.1, -0.05) is 26.7 Å². The van der Waals surface area contributed by atoms with Crippen molar-refractivity contribution in [1.82, 2.24) is 19.9 Å². The SMILES string of the molecule is CCCCN(CCCC)C(=O)c1ccc(S(=O)(=O)NC(=O)c2ccc(OC(=O)NC(=O)CN)nc2)cc1. The lowest BCUT2D eigenvalue weighted by Crippen LogP contribution is -2.37. The van der Waals surface area contributed by atoms with Gasteiger partial charge in [-0.2, -0.15) is 0 Å². The van der Waals surface area contributed by atoms with Gasteiger partial charge in [-0.05, 0) is 43.2 Å². The van der Waals surface area contributed by atoms with Gasteiger partial charge in [0.1, 0.15) is 0 Å². The third kappa shape index (κ3) is 8.95. The highest BCUT2D eigenvalue weighted by molar-refractivity contribution is 7.90. The van der Waals surface area contributed by atoms with Crippen LogP contribution in [0.25, 0.3) is 0 Å². The molecule has 12 nitrogen and oxygen atoms in total. The van der Waals surface area contributed by atoms with Crippen LogP contribution in [-0.2, 0) is 14.8 Å². The number of benzene rings is 1. The molecule has 0 saturated heterocycles. The number of hydrogen-bond donors (Lipinski definition) is 3. The molecule has 1 aromatic heterocycles. The Kier molecular flexibility index (Phi) is 11.2. The van der Waals surface area contributed by atoms with E-state index >= 15 is 0 Å². The molecule has 0 unspecified atom stereocenters. The monoisotopic (exact) mass is 533 g/mol. The average molecular weight is 534 g/mol. The number of amides is 4. The van der Waals surface area contributed by atoms with Gasteiger partial charge in [-0.15, -0.1) is 0 Å². The summed E-state index contributed by atoms with van der Waals surface area (Å²) in [5, 5.41) is 1.85. The Labute approximate surface area is 215 Å². The highest BCUT2D eigenvalue weighted by Crippen LogP contribution is 2.15. The van der Waals surface area contributed by atoms with E-state index < -0.39 is 34.5 Å². The maximum Gasteiger partial charge on any atom is 0.420 e. The molecular formula is C24H31N5O7S. The van der Waals surface area contributed by atoms with Gasteiger partial charge in [0, 0.05) is 30.9 Å². The summed E-state index contributed by atoms with van der Waals surface area (Å²) in [6.07, 6.45) is 3.53. The van der Waals surface area contributed by atoms with Crippen LogP contribution in [0, 0.1) is 0 Å². The Hall–Kier alpha value is -3.84. The Morgan fingerprint density at radius 2 is 1.54 bits per heavy atom. The van der Waals surface area contributed by atoms with Crippen LogP contribution in [0.3, 0.4) is 0 Å². The molecule has 2 aromatic rings. The lowest BCUT2D eigenvalue weighted by atomic mass is 10.1. The Morgan fingerprint density at radius 3 is 2.05 bits per heavy atom. The van der Waals surface area contributed by atoms with Gasteiger partial charge in [0.2, 0.25) is 11.8 Å². The van der Waals surface area contributed by atoms with E-state index in [1.807, 2.05) is 23.9 Å². The zero-order valence-corrected chi connectivity index (χ0v) is 21.5. The van der Waals surface area contributed by atoms with Gasteiger partial charge in [0.15, 0.2) is 0 Å². The van der Waals surface area contributed by atoms with Gasteiger partial charge in [-0.3, -0.25) is 19.7 Å². The zero-order chi connectivity index (χ0) is 27.4. The summed E-state index contributed by atoms with van der Waals surface area (Å²) in [5.41, 5.74) is 5.31. The number of carbonyl (C=O) groups is 4. The number of unbranched alkanes of at least 4 members (excludes halogenated alkanes) is 2. The molecule has 0 saturated carbocycles. The lowest BCUT2D eigenvalue weighted by Gasteiger charge is -2.22. The highest BCUT2D eigenvalue weighted by atomic mass is 32.2. The molecule has 0 aliphatic heterocycles. The second kappa shape index (κ2) is 14.0. The van der Waals surface area contributed by atoms with E-state index in [-0.39, 0.29) is 22.2 Å². The number of ether oxygens (including phenoxy) is 1. The maximum absolute atomic E-state index is 12.9. The molecule has 2 rings (SSSR count). The molecule has 200 valence electrons. The molecule has 1 aromatic carbocycles. The number of sulfonamides is 1. The standard InChI is InChI=1S/C24H31N5O7S/c1-3-5-13-29(14-6-4-2)23(32)17-7-10-19(11-8-17)37(34,35)28-22(31)18-9-12-21(26-16-18)36-24(33)27-20(30)15-25/h7-12,16H,3-6,13-15,25H2,1-2H3,(H,28,31)(H,27,30,33). The summed E-state index contributed by atoms with van der Waals surface area (Å²) in [7, 11) is -4.24. The minimum absolute atomic E-state index is 0.122. The number of aromatic nitrogens is 1. The van der Waals surface area contributed by atoms with Gasteiger partial charge >= 0.3 is 6.09 Å². The van der Waals surface area contributed by atoms with Crippen LogP contribution in [0.1, 0.15) is 60.2 Å². The van der Waals surface area contributed by atoms with Crippen LogP contribution >= 0.6 is 0 Å². The van der Waals surface area contributed by atoms with E-state index in [0.29, 0.717) is 18.7 Å². The van der Waals surface area contributed by atoms with Crippen molar-refractivity contribution in [3.05, 3.63) is 53.7 Å². The fraction of sp³-hybridized carbons (Fsp3) is 0.375. The first kappa shape index (κ1) is 29.4. The number of nitrogens with one attached hydrogen (secondary N) is 2. The van der Waals surface area contributed by atoms with Crippen LogP contribution in [-0.4, -0.2) is 61.8 Å². The fourth-order valence-electron chi connectivity index (χ4n) is 3.07. The summed E-state index contributed by atoms with van der Waals surface area (Å²) >= 11 is 0. The molecule has 13 heteroatoms. The molecule has 37 heavy (non-hydrogen) atoms. The van der Waals surface area contributed by atoms with Crippen LogP contribution < -0.4 is 20.5 Å². The molecule has 0 aliphatic carbocycles. The van der Waals surface area contributed by atoms with Gasteiger partial charge in [-0.25, -0.2) is 22.9 Å². The van der Waals surface area contributed by atoms with Crippen LogP contribution in [0.2, 0.25) is 0 Å². The quantitative estimate of drug-likeness (QED) is 0.367. The second-order valence-electron chi connectivity index (χ2n) is 7.99. The number of imide groups is 1. The second-order valence-corrected chi connectivity index (χ2v) is 9.67. The van der Waals surface area contributed by atoms with Crippen molar-refractivity contribution in [1.29, 1.82) is 0 Å². The molecular weight excluding hydrogens is 502 g/mol. The number of nitrogens with two attached hydrogens (primary N) is 1. The number of rotatable bonds is 12. The van der Waals surface area contributed by atoms with Crippen molar-refractivity contribution in [3.8, 4) is 5.88 Å². The van der Waals surface area contributed by atoms with E-state index in [1.165, 1.54) is 30.3 Å². The number of carbonyl (C=O) groups excluding carboxylic acids is 4. The Bertz CT molecular complexity index is 1190. The first-order chi connectivity index (χ1) is 17.6. The lowest BCUT2D eigenvalue weighted by molar-refractivity contribution is -0.118. The van der Waals surface area contributed by atoms with E-state index in [1.54, 1.807) is 4.90 Å². The Morgan fingerprint density at radius 1 is 0.946 bits per heavy atom. The average Bonchev–Trinajstić information content (AvgIpc) is 2.88. The Balaban J connectivity index is 2.05. The highest BCUT2D eigenvalue weighted by Gasteiger charge is 2.21. The van der Waals surface area contributed by atoms with E-state index in [2.05, 4.69) is 4.98 Å². The topological polar surface area (TPSA) is 178 Å². The summed E-state index contributed by atoms with van der Waals surface area (Å²) in [4.78, 5) is 53.2. The predicted octanol–water partition coefficient (Wildman–Crippen LogP) is 1.82. The van der Waals surface area contributed by atoms with E-state index in [9.17, 15) is 27.6 Å². The summed E-state index contributed by atoms with van der Waals surface area (Å²) in [6, 6.07) is 7.69. The largest absolute Gasteiger partial charge is 0.420 e. The third-order valence-electron chi connectivity index (χ3n) is 5.11. The summed E-state index contributed by atoms with van der Waals surface area (Å²) in [6.45, 7) is 4.92.